The Hall–Kier alpha value is -8.86. The summed E-state index contributed by atoms with van der Waals surface area (Å²) in [6, 6.07) is 87.6. The molecule has 0 N–H and O–H groups in total. The van der Waals surface area contributed by atoms with Crippen LogP contribution in [0.4, 0.5) is 45.5 Å². The molecule has 0 saturated carbocycles. The first-order valence-corrected chi connectivity index (χ1v) is 32.1. The van der Waals surface area contributed by atoms with Crippen molar-refractivity contribution < 1.29 is 0 Å². The quantitative estimate of drug-likeness (QED) is 0.147. The molecule has 0 spiro atoms. The molecule has 11 aromatic rings. The molecule has 4 heteroatoms. The Morgan fingerprint density at radius 3 is 1.64 bits per heavy atom. The van der Waals surface area contributed by atoms with Crippen LogP contribution in [-0.4, -0.2) is 6.85 Å². The molecular weight excluding hydrogens is 1060 g/mol. The van der Waals surface area contributed by atoms with Crippen molar-refractivity contribution in [3.05, 3.63) is 286 Å². The van der Waals surface area contributed by atoms with Gasteiger partial charge in [0, 0.05) is 50.9 Å². The molecule has 434 valence electrons. The zero-order chi connectivity index (χ0) is 61.0. The van der Waals surface area contributed by atoms with Crippen molar-refractivity contribution in [2.45, 2.75) is 130 Å². The molecule has 0 saturated heterocycles. The van der Waals surface area contributed by atoms with Gasteiger partial charge in [-0.2, -0.15) is 0 Å². The number of aryl methyl sites for hydroxylation is 3. The fourth-order valence-corrected chi connectivity index (χ4v) is 16.3. The van der Waals surface area contributed by atoms with Crippen LogP contribution in [0.2, 0.25) is 0 Å². The van der Waals surface area contributed by atoms with Gasteiger partial charge in [-0.15, -0.1) is 0 Å². The number of nitrogens with zero attached hydrogens (tertiary/aromatic N) is 3. The average molecular weight is 1140 g/mol. The van der Waals surface area contributed by atoms with Gasteiger partial charge in [-0.05, 0) is 217 Å². The molecule has 0 atom stereocenters. The molecule has 0 radical (unpaired) electrons. The Kier molecular flexibility index (Phi) is 12.6. The summed E-state index contributed by atoms with van der Waals surface area (Å²) in [6.07, 6.45) is 2.29. The SMILES string of the molecule is Cc1cc(C)c(-c2cc3c4c(c2)N2c5ccc6ccccc6c5C(c5ccccc5)(c5ccccc5)c5cccc(c52)B4N(c2ccc4c(c2)C(C)(C)CCC4(C)C)c2ccc(N(c4ccc(C(C)(C)C)cc4)c4ccc(C(C)(C)C)cc4)cc2-3)c(C)c1. The van der Waals surface area contributed by atoms with E-state index in [1.165, 1.54) is 134 Å². The topological polar surface area (TPSA) is 9.72 Å². The number of fused-ring (bicyclic) bond motifs is 9. The fraction of sp³-hybridized carbons (Fsp3) is 0.238. The summed E-state index contributed by atoms with van der Waals surface area (Å²) in [4.78, 5) is 7.98. The summed E-state index contributed by atoms with van der Waals surface area (Å²) in [5.41, 5.74) is 30.9. The second-order valence-corrected chi connectivity index (χ2v) is 29.4. The first-order chi connectivity index (χ1) is 42.1. The molecule has 0 bridgehead atoms. The largest absolute Gasteiger partial charge is 0.376 e. The molecule has 15 rings (SSSR count). The maximum Gasteiger partial charge on any atom is 0.333 e. The van der Waals surface area contributed by atoms with Gasteiger partial charge in [0.15, 0.2) is 0 Å². The minimum absolute atomic E-state index is 0.00932. The van der Waals surface area contributed by atoms with E-state index in [1.54, 1.807) is 0 Å². The van der Waals surface area contributed by atoms with Gasteiger partial charge < -0.3 is 14.6 Å². The molecule has 1 aliphatic carbocycles. The van der Waals surface area contributed by atoms with Crippen LogP contribution in [0.15, 0.2) is 224 Å². The lowest BCUT2D eigenvalue weighted by Crippen LogP contribution is -2.62. The van der Waals surface area contributed by atoms with Gasteiger partial charge in [0.1, 0.15) is 0 Å². The molecule has 0 fully saturated rings. The van der Waals surface area contributed by atoms with E-state index in [0.29, 0.717) is 0 Å². The zero-order valence-electron chi connectivity index (χ0n) is 53.7. The highest BCUT2D eigenvalue weighted by Crippen LogP contribution is 2.62. The van der Waals surface area contributed by atoms with E-state index in [0.717, 1.165) is 29.9 Å². The molecule has 88 heavy (non-hydrogen) atoms. The Morgan fingerprint density at radius 2 is 1.02 bits per heavy atom. The predicted molar refractivity (Wildman–Crippen MR) is 377 cm³/mol. The first-order valence-electron chi connectivity index (χ1n) is 32.1. The van der Waals surface area contributed by atoms with Crippen LogP contribution in [-0.2, 0) is 27.1 Å². The Bertz CT molecular complexity index is 4490. The summed E-state index contributed by atoms with van der Waals surface area (Å²) in [7, 11) is 0. The molecule has 3 heterocycles. The molecule has 4 aliphatic rings. The number of hydrogen-bond acceptors (Lipinski definition) is 3. The highest BCUT2D eigenvalue weighted by molar-refractivity contribution is 6.93. The summed E-state index contributed by atoms with van der Waals surface area (Å²) < 4.78 is 0. The van der Waals surface area contributed by atoms with Crippen molar-refractivity contribution in [2.24, 2.45) is 0 Å². The van der Waals surface area contributed by atoms with E-state index in [2.05, 4.69) is 329 Å². The summed E-state index contributed by atoms with van der Waals surface area (Å²) in [5.74, 6) is 0. The van der Waals surface area contributed by atoms with Gasteiger partial charge in [0.25, 0.3) is 0 Å². The second kappa shape index (κ2) is 19.8. The van der Waals surface area contributed by atoms with Crippen LogP contribution in [0.25, 0.3) is 33.0 Å². The highest BCUT2D eigenvalue weighted by atomic mass is 15.2. The van der Waals surface area contributed by atoms with Crippen molar-refractivity contribution in [1.29, 1.82) is 0 Å². The molecule has 0 aromatic heterocycles. The van der Waals surface area contributed by atoms with Crippen LogP contribution >= 0.6 is 0 Å². The molecule has 3 aliphatic heterocycles. The molecule has 0 amide bonds. The van der Waals surface area contributed by atoms with Crippen LogP contribution in [0.1, 0.15) is 143 Å². The third-order valence-electron chi connectivity index (χ3n) is 20.7. The van der Waals surface area contributed by atoms with Gasteiger partial charge in [-0.25, -0.2) is 0 Å². The zero-order valence-corrected chi connectivity index (χ0v) is 53.7. The lowest BCUT2D eigenvalue weighted by molar-refractivity contribution is 0.332. The minimum Gasteiger partial charge on any atom is -0.376 e. The first kappa shape index (κ1) is 55.7. The average Bonchev–Trinajstić information content (AvgIpc) is 0.687. The third kappa shape index (κ3) is 8.44. The molecule has 0 unspecified atom stereocenters. The van der Waals surface area contributed by atoms with Crippen LogP contribution in [0.5, 0.6) is 0 Å². The summed E-state index contributed by atoms with van der Waals surface area (Å²) in [5, 5.41) is 2.48. The van der Waals surface area contributed by atoms with E-state index in [9.17, 15) is 0 Å². The van der Waals surface area contributed by atoms with Gasteiger partial charge >= 0.3 is 6.85 Å². The molecule has 11 aromatic carbocycles. The molecule has 3 nitrogen and oxygen atoms in total. The number of hydrogen-bond donors (Lipinski definition) is 0. The number of anilines is 8. The molecular formula is C84H80BN3. The standard InChI is InChI=1S/C84H80BN3/c1-53-47-54(2)76(55(3)48-53)57-49-68-67-51-64(86(62-36-32-58(33-37-62)80(4,5)6)63-38-34-59(35-39-63)81(7,8)9)41-44-73(67)88(65-40-42-69-71(52-65)83(12,13)46-45-82(69,10)11)85-72-30-22-29-70-79(72)87(75(50-57)78(68)85)74-43-31-56-23-20-21-28-66(56)77(74)84(70,60-24-16-14-17-25-60)61-26-18-15-19-27-61/h14-44,47-52H,45-46H2,1-13H3. The van der Waals surface area contributed by atoms with Crippen molar-refractivity contribution in [2.75, 3.05) is 14.6 Å². The number of benzene rings is 11. The van der Waals surface area contributed by atoms with Gasteiger partial charge in [-0.1, -0.05) is 226 Å². The Morgan fingerprint density at radius 1 is 0.455 bits per heavy atom. The monoisotopic (exact) mass is 1140 g/mol. The van der Waals surface area contributed by atoms with Crippen LogP contribution in [0.3, 0.4) is 0 Å². The van der Waals surface area contributed by atoms with E-state index < -0.39 is 5.41 Å². The highest BCUT2D eigenvalue weighted by Gasteiger charge is 2.54. The van der Waals surface area contributed by atoms with Crippen molar-refractivity contribution in [1.82, 2.24) is 0 Å². The second-order valence-electron chi connectivity index (χ2n) is 29.4. The fourth-order valence-electron chi connectivity index (χ4n) is 16.3. The lowest BCUT2D eigenvalue weighted by Gasteiger charge is -2.52. The number of rotatable bonds is 7. The Labute approximate surface area is 523 Å². The van der Waals surface area contributed by atoms with E-state index in [1.807, 2.05) is 0 Å². The minimum atomic E-state index is -0.698. The smallest absolute Gasteiger partial charge is 0.333 e. The third-order valence-corrected chi connectivity index (χ3v) is 20.7. The van der Waals surface area contributed by atoms with Gasteiger partial charge in [0.2, 0.25) is 0 Å². The van der Waals surface area contributed by atoms with E-state index in [-0.39, 0.29) is 28.5 Å². The van der Waals surface area contributed by atoms with Crippen molar-refractivity contribution >= 4 is 74.0 Å². The van der Waals surface area contributed by atoms with Crippen LogP contribution in [0, 0.1) is 20.8 Å². The van der Waals surface area contributed by atoms with Crippen LogP contribution < -0.4 is 25.5 Å². The van der Waals surface area contributed by atoms with E-state index >= 15 is 0 Å². The number of para-hydroxylation sites is 1. The lowest BCUT2D eigenvalue weighted by atomic mass is 9.42. The Balaban J connectivity index is 1.09. The van der Waals surface area contributed by atoms with Gasteiger partial charge in [0.05, 0.1) is 11.1 Å². The normalized spacial score (nSPS) is 15.7. The van der Waals surface area contributed by atoms with Crippen molar-refractivity contribution in [3.8, 4) is 22.3 Å². The van der Waals surface area contributed by atoms with Gasteiger partial charge in [-0.3, -0.25) is 0 Å². The maximum atomic E-state index is 2.77. The summed E-state index contributed by atoms with van der Waals surface area (Å²) >= 11 is 0. The summed E-state index contributed by atoms with van der Waals surface area (Å²) in [6.45, 7) is 30.3. The predicted octanol–water partition coefficient (Wildman–Crippen LogP) is 21.2. The maximum absolute atomic E-state index is 2.77. The van der Waals surface area contributed by atoms with Crippen molar-refractivity contribution in [3.63, 3.8) is 0 Å². The van der Waals surface area contributed by atoms with E-state index in [4.69, 9.17) is 0 Å².